The molecule has 1 unspecified atom stereocenters. The van der Waals surface area contributed by atoms with Gasteiger partial charge >= 0.3 is 6.09 Å². The summed E-state index contributed by atoms with van der Waals surface area (Å²) in [5.74, 6) is 0. The molecule has 2 rings (SSSR count). The van der Waals surface area contributed by atoms with E-state index in [-0.39, 0.29) is 6.09 Å². The van der Waals surface area contributed by atoms with Gasteiger partial charge in [0.05, 0.1) is 11.6 Å². The Morgan fingerprint density at radius 2 is 2.00 bits per heavy atom. The van der Waals surface area contributed by atoms with Crippen LogP contribution in [0.25, 0.3) is 0 Å². The Hall–Kier alpha value is -0.810. The summed E-state index contributed by atoms with van der Waals surface area (Å²) >= 11 is 0. The molecule has 0 bridgehead atoms. The van der Waals surface area contributed by atoms with E-state index >= 15 is 0 Å². The molecule has 2 saturated heterocycles. The van der Waals surface area contributed by atoms with Crippen LogP contribution in [0.1, 0.15) is 46.5 Å². The predicted molar refractivity (Wildman–Crippen MR) is 71.0 cm³/mol. The number of carbonyl (C=O) groups excluding carboxylic acids is 1. The summed E-state index contributed by atoms with van der Waals surface area (Å²) in [6.07, 6.45) is 2.16. The summed E-state index contributed by atoms with van der Waals surface area (Å²) in [5.41, 5.74) is -0.995. The summed E-state index contributed by atoms with van der Waals surface area (Å²) in [7, 11) is 0. The topological polar surface area (TPSA) is 59.0 Å². The fourth-order valence-electron chi connectivity index (χ4n) is 3.03. The van der Waals surface area contributed by atoms with Crippen LogP contribution in [-0.4, -0.2) is 53.1 Å². The van der Waals surface area contributed by atoms with Crippen LogP contribution in [0, 0.1) is 0 Å². The summed E-state index contributed by atoms with van der Waals surface area (Å²) in [4.78, 5) is 14.1. The Morgan fingerprint density at radius 1 is 1.37 bits per heavy atom. The van der Waals surface area contributed by atoms with Crippen molar-refractivity contribution < 1.29 is 19.4 Å². The summed E-state index contributed by atoms with van der Waals surface area (Å²) in [6.45, 7) is 7.43. The average molecular weight is 271 g/mol. The molecule has 0 radical (unpaired) electrons. The average Bonchev–Trinajstić information content (AvgIpc) is 2.32. The van der Waals surface area contributed by atoms with Crippen LogP contribution in [0.15, 0.2) is 0 Å². The number of ether oxygens (including phenoxy) is 2. The first-order chi connectivity index (χ1) is 8.85. The van der Waals surface area contributed by atoms with E-state index in [0.717, 1.165) is 12.8 Å². The molecule has 0 aromatic carbocycles. The van der Waals surface area contributed by atoms with E-state index < -0.39 is 17.2 Å². The number of carbonyl (C=O) groups is 1. The van der Waals surface area contributed by atoms with Crippen molar-refractivity contribution in [3.05, 3.63) is 0 Å². The van der Waals surface area contributed by atoms with Crippen molar-refractivity contribution in [2.24, 2.45) is 0 Å². The standard InChI is InChI=1S/C14H25NO4/c1-13(2,3)19-12(17)15-8-4-5-11(16)14(15)6-9-18-10-7-14/h11,16H,4-10H2,1-3H3. The maximum absolute atomic E-state index is 12.4. The van der Waals surface area contributed by atoms with Gasteiger partial charge in [0.15, 0.2) is 0 Å². The second kappa shape index (κ2) is 5.29. The zero-order valence-electron chi connectivity index (χ0n) is 12.1. The first kappa shape index (κ1) is 14.6. The molecular weight excluding hydrogens is 246 g/mol. The lowest BCUT2D eigenvalue weighted by Gasteiger charge is -2.51. The number of aliphatic hydroxyl groups is 1. The minimum atomic E-state index is -0.508. The number of nitrogens with zero attached hydrogens (tertiary/aromatic N) is 1. The summed E-state index contributed by atoms with van der Waals surface area (Å²) < 4.78 is 10.9. The van der Waals surface area contributed by atoms with Gasteiger partial charge in [0.1, 0.15) is 5.60 Å². The largest absolute Gasteiger partial charge is 0.444 e. The van der Waals surface area contributed by atoms with E-state index in [4.69, 9.17) is 9.47 Å². The van der Waals surface area contributed by atoms with Crippen molar-refractivity contribution in [2.75, 3.05) is 19.8 Å². The van der Waals surface area contributed by atoms with Crippen molar-refractivity contribution >= 4 is 6.09 Å². The van der Waals surface area contributed by atoms with Crippen LogP contribution in [0.2, 0.25) is 0 Å². The highest BCUT2D eigenvalue weighted by Gasteiger charge is 2.49. The Balaban J connectivity index is 2.18. The molecule has 2 aliphatic heterocycles. The predicted octanol–water partition coefficient (Wildman–Crippen LogP) is 1.93. The van der Waals surface area contributed by atoms with Gasteiger partial charge in [0.25, 0.3) is 0 Å². The number of likely N-dealkylation sites (tertiary alicyclic amines) is 1. The number of hydrogen-bond donors (Lipinski definition) is 1. The number of rotatable bonds is 0. The molecule has 0 aromatic rings. The Kier molecular flexibility index (Phi) is 4.06. The van der Waals surface area contributed by atoms with Crippen molar-refractivity contribution in [3.8, 4) is 0 Å². The molecule has 110 valence electrons. The van der Waals surface area contributed by atoms with E-state index in [1.54, 1.807) is 4.90 Å². The van der Waals surface area contributed by atoms with Crippen LogP contribution in [0.5, 0.6) is 0 Å². The number of hydrogen-bond acceptors (Lipinski definition) is 4. The number of aliphatic hydroxyl groups excluding tert-OH is 1. The lowest BCUT2D eigenvalue weighted by atomic mass is 9.78. The SMILES string of the molecule is CC(C)(C)OC(=O)N1CCCC(O)C12CCOCC2. The minimum Gasteiger partial charge on any atom is -0.444 e. The maximum atomic E-state index is 12.4. The summed E-state index contributed by atoms with van der Waals surface area (Å²) in [6, 6.07) is 0. The van der Waals surface area contributed by atoms with Gasteiger partial charge in [-0.1, -0.05) is 0 Å². The van der Waals surface area contributed by atoms with E-state index in [2.05, 4.69) is 0 Å². The van der Waals surface area contributed by atoms with Crippen LogP contribution in [-0.2, 0) is 9.47 Å². The van der Waals surface area contributed by atoms with Crippen molar-refractivity contribution in [2.45, 2.75) is 63.7 Å². The Morgan fingerprint density at radius 3 is 2.58 bits per heavy atom. The van der Waals surface area contributed by atoms with E-state index in [1.165, 1.54) is 0 Å². The third-order valence-electron chi connectivity index (χ3n) is 3.99. The molecule has 0 aromatic heterocycles. The van der Waals surface area contributed by atoms with E-state index in [1.807, 2.05) is 20.8 Å². The van der Waals surface area contributed by atoms with Crippen LogP contribution < -0.4 is 0 Å². The zero-order valence-corrected chi connectivity index (χ0v) is 12.1. The lowest BCUT2D eigenvalue weighted by molar-refractivity contribution is -0.115. The molecule has 5 heteroatoms. The molecular formula is C14H25NO4. The first-order valence-corrected chi connectivity index (χ1v) is 7.12. The fraction of sp³-hybridized carbons (Fsp3) is 0.929. The van der Waals surface area contributed by atoms with Crippen molar-refractivity contribution in [1.29, 1.82) is 0 Å². The third-order valence-corrected chi connectivity index (χ3v) is 3.99. The van der Waals surface area contributed by atoms with Gasteiger partial charge in [-0.2, -0.15) is 0 Å². The highest BCUT2D eigenvalue weighted by Crippen LogP contribution is 2.37. The van der Waals surface area contributed by atoms with Crippen molar-refractivity contribution in [3.63, 3.8) is 0 Å². The number of amides is 1. The molecule has 1 atom stereocenters. The Labute approximate surface area is 114 Å². The third kappa shape index (κ3) is 3.03. The molecule has 5 nitrogen and oxygen atoms in total. The van der Waals surface area contributed by atoms with E-state index in [9.17, 15) is 9.90 Å². The number of piperidine rings is 1. The highest BCUT2D eigenvalue weighted by atomic mass is 16.6. The van der Waals surface area contributed by atoms with Gasteiger partial charge in [-0.15, -0.1) is 0 Å². The molecule has 2 aliphatic rings. The van der Waals surface area contributed by atoms with Crippen LogP contribution >= 0.6 is 0 Å². The molecule has 1 N–H and O–H groups in total. The minimum absolute atomic E-state index is 0.312. The second-order valence-electron chi connectivity index (χ2n) is 6.51. The van der Waals surface area contributed by atoms with Crippen LogP contribution in [0.3, 0.4) is 0 Å². The van der Waals surface area contributed by atoms with E-state index in [0.29, 0.717) is 32.6 Å². The van der Waals surface area contributed by atoms with Gasteiger partial charge < -0.3 is 14.6 Å². The molecule has 2 heterocycles. The smallest absolute Gasteiger partial charge is 0.410 e. The van der Waals surface area contributed by atoms with Gasteiger partial charge in [-0.3, -0.25) is 4.90 Å². The normalized spacial score (nSPS) is 27.4. The van der Waals surface area contributed by atoms with Gasteiger partial charge in [-0.05, 0) is 46.5 Å². The first-order valence-electron chi connectivity index (χ1n) is 7.12. The maximum Gasteiger partial charge on any atom is 0.410 e. The van der Waals surface area contributed by atoms with Gasteiger partial charge in [-0.25, -0.2) is 4.79 Å². The molecule has 1 amide bonds. The lowest BCUT2D eigenvalue weighted by Crippen LogP contribution is -2.64. The molecule has 0 aliphatic carbocycles. The molecule has 1 spiro atoms. The highest BCUT2D eigenvalue weighted by molar-refractivity contribution is 5.69. The molecule has 0 saturated carbocycles. The fourth-order valence-corrected chi connectivity index (χ4v) is 3.03. The van der Waals surface area contributed by atoms with Crippen molar-refractivity contribution in [1.82, 2.24) is 4.90 Å². The quantitative estimate of drug-likeness (QED) is 0.731. The molecule has 2 fully saturated rings. The molecule has 19 heavy (non-hydrogen) atoms. The zero-order chi connectivity index (χ0) is 14.1. The monoisotopic (exact) mass is 271 g/mol. The Bertz CT molecular complexity index is 331. The van der Waals surface area contributed by atoms with Crippen LogP contribution in [0.4, 0.5) is 4.79 Å². The second-order valence-corrected chi connectivity index (χ2v) is 6.51. The van der Waals surface area contributed by atoms with Gasteiger partial charge in [0.2, 0.25) is 0 Å². The summed E-state index contributed by atoms with van der Waals surface area (Å²) in [5, 5.41) is 10.4. The van der Waals surface area contributed by atoms with Gasteiger partial charge in [0, 0.05) is 19.8 Å².